The minimum absolute atomic E-state index is 0.186. The second-order valence-electron chi connectivity index (χ2n) is 6.90. The van der Waals surface area contributed by atoms with Crippen LogP contribution >= 0.6 is 0 Å². The number of benzene rings is 1. The fourth-order valence-corrected chi connectivity index (χ4v) is 3.46. The van der Waals surface area contributed by atoms with Crippen molar-refractivity contribution >= 4 is 16.9 Å². The first-order valence-electron chi connectivity index (χ1n) is 9.08. The summed E-state index contributed by atoms with van der Waals surface area (Å²) in [5.41, 5.74) is 4.26. The van der Waals surface area contributed by atoms with Crippen LogP contribution in [-0.2, 0) is 4.79 Å². The molecule has 1 aliphatic carbocycles. The average Bonchev–Trinajstić information content (AvgIpc) is 3.19. The molecule has 30 heavy (non-hydrogen) atoms. The molecular weight excluding hydrogens is 397 g/mol. The van der Waals surface area contributed by atoms with Crippen LogP contribution in [0.1, 0.15) is 17.9 Å². The van der Waals surface area contributed by atoms with Gasteiger partial charge in [-0.15, -0.1) is 0 Å². The molecule has 0 bridgehead atoms. The van der Waals surface area contributed by atoms with Gasteiger partial charge in [0.05, 0.1) is 11.3 Å². The lowest BCUT2D eigenvalue weighted by atomic mass is 9.83. The number of alkyl halides is 3. The molecular formula is C21H17F3N4O2. The molecule has 1 aliphatic rings. The van der Waals surface area contributed by atoms with E-state index in [1.807, 2.05) is 0 Å². The number of allylic oxidation sites excluding steroid dienone is 1. The Bertz CT molecular complexity index is 1140. The third kappa shape index (κ3) is 3.42. The molecule has 3 aromatic rings. The Kier molecular flexibility index (Phi) is 4.81. The van der Waals surface area contributed by atoms with Gasteiger partial charge in [-0.25, -0.2) is 9.97 Å². The number of fused-ring (bicyclic) bond motifs is 1. The SMILES string of the molecule is NC(=O)C(C1=CCC(Oc2ncnc3[nH]ccc23)(C(F)(F)F)C=C1)c1ccccc1. The second kappa shape index (κ2) is 7.33. The summed E-state index contributed by atoms with van der Waals surface area (Å²) in [4.78, 5) is 22.7. The Balaban J connectivity index is 1.69. The maximum Gasteiger partial charge on any atom is 0.432 e. The van der Waals surface area contributed by atoms with Crippen molar-refractivity contribution in [3.8, 4) is 5.88 Å². The van der Waals surface area contributed by atoms with E-state index in [-0.39, 0.29) is 5.88 Å². The summed E-state index contributed by atoms with van der Waals surface area (Å²) < 4.78 is 47.6. The summed E-state index contributed by atoms with van der Waals surface area (Å²) in [6, 6.07) is 10.2. The van der Waals surface area contributed by atoms with Crippen molar-refractivity contribution in [1.29, 1.82) is 0 Å². The van der Waals surface area contributed by atoms with Crippen LogP contribution in [-0.4, -0.2) is 32.6 Å². The quantitative estimate of drug-likeness (QED) is 0.664. The highest BCUT2D eigenvalue weighted by atomic mass is 19.4. The number of primary amides is 1. The number of nitrogens with zero attached hydrogens (tertiary/aromatic N) is 2. The summed E-state index contributed by atoms with van der Waals surface area (Å²) in [5.74, 6) is -1.69. The molecule has 0 aliphatic heterocycles. The van der Waals surface area contributed by atoms with Crippen molar-refractivity contribution in [1.82, 2.24) is 15.0 Å². The van der Waals surface area contributed by atoms with E-state index in [0.717, 1.165) is 12.4 Å². The molecule has 0 saturated carbocycles. The maximum atomic E-state index is 14.1. The molecule has 0 saturated heterocycles. The topological polar surface area (TPSA) is 93.9 Å². The van der Waals surface area contributed by atoms with Crippen LogP contribution in [0.4, 0.5) is 13.2 Å². The van der Waals surface area contributed by atoms with Gasteiger partial charge < -0.3 is 15.5 Å². The number of hydrogen-bond donors (Lipinski definition) is 2. The van der Waals surface area contributed by atoms with Crippen molar-refractivity contribution in [2.24, 2.45) is 5.73 Å². The Hall–Kier alpha value is -3.62. The van der Waals surface area contributed by atoms with E-state index >= 15 is 0 Å². The standard InChI is InChI=1S/C21H17F3N4O2/c22-21(23,24)20(30-19-15-8-11-26-18(15)27-12-28-19)9-6-14(7-10-20)16(17(25)29)13-4-2-1-3-5-13/h1-9,11-12,16H,10H2,(H2,25,29)(H,26,27,28). The van der Waals surface area contributed by atoms with Gasteiger partial charge in [0.1, 0.15) is 12.0 Å². The number of amides is 1. The predicted molar refractivity (Wildman–Crippen MR) is 104 cm³/mol. The maximum absolute atomic E-state index is 14.1. The van der Waals surface area contributed by atoms with Gasteiger partial charge in [-0.3, -0.25) is 4.79 Å². The highest BCUT2D eigenvalue weighted by Gasteiger charge is 2.56. The summed E-state index contributed by atoms with van der Waals surface area (Å²) in [6.45, 7) is 0. The predicted octanol–water partition coefficient (Wildman–Crippen LogP) is 3.79. The van der Waals surface area contributed by atoms with Crippen molar-refractivity contribution in [2.45, 2.75) is 24.1 Å². The van der Waals surface area contributed by atoms with E-state index in [0.29, 0.717) is 22.2 Å². The first-order valence-corrected chi connectivity index (χ1v) is 9.08. The first kappa shape index (κ1) is 19.7. The van der Waals surface area contributed by atoms with Crippen LogP contribution < -0.4 is 10.5 Å². The number of aromatic nitrogens is 3. The van der Waals surface area contributed by atoms with Gasteiger partial charge in [-0.2, -0.15) is 13.2 Å². The van der Waals surface area contributed by atoms with Gasteiger partial charge in [0.15, 0.2) is 0 Å². The lowest BCUT2D eigenvalue weighted by molar-refractivity contribution is -0.228. The molecule has 154 valence electrons. The van der Waals surface area contributed by atoms with Crippen LogP contribution in [0.15, 0.2) is 72.7 Å². The number of nitrogens with two attached hydrogens (primary N) is 1. The van der Waals surface area contributed by atoms with Crippen LogP contribution in [0.5, 0.6) is 5.88 Å². The largest absolute Gasteiger partial charge is 0.456 e. The summed E-state index contributed by atoms with van der Waals surface area (Å²) in [6.07, 6.45) is 0.911. The van der Waals surface area contributed by atoms with E-state index in [1.54, 1.807) is 42.6 Å². The first-order chi connectivity index (χ1) is 14.3. The third-order valence-corrected chi connectivity index (χ3v) is 5.01. The van der Waals surface area contributed by atoms with Crippen LogP contribution in [0.25, 0.3) is 11.0 Å². The van der Waals surface area contributed by atoms with E-state index in [1.165, 1.54) is 12.2 Å². The fourth-order valence-electron chi connectivity index (χ4n) is 3.46. The van der Waals surface area contributed by atoms with Crippen LogP contribution in [0.3, 0.4) is 0 Å². The van der Waals surface area contributed by atoms with E-state index in [2.05, 4.69) is 15.0 Å². The molecule has 2 atom stereocenters. The van der Waals surface area contributed by atoms with E-state index in [4.69, 9.17) is 10.5 Å². The number of rotatable bonds is 5. The number of halogens is 3. The highest BCUT2D eigenvalue weighted by Crippen LogP contribution is 2.43. The molecule has 0 fully saturated rings. The molecule has 3 N–H and O–H groups in total. The van der Waals surface area contributed by atoms with Gasteiger partial charge in [-0.1, -0.05) is 42.5 Å². The molecule has 0 radical (unpaired) electrons. The molecule has 1 aromatic carbocycles. The monoisotopic (exact) mass is 414 g/mol. The van der Waals surface area contributed by atoms with Gasteiger partial charge in [0.2, 0.25) is 17.4 Å². The van der Waals surface area contributed by atoms with E-state index < -0.39 is 30.0 Å². The molecule has 1 amide bonds. The number of H-pyrrole nitrogens is 1. The Morgan fingerprint density at radius 3 is 2.60 bits per heavy atom. The summed E-state index contributed by atoms with van der Waals surface area (Å²) in [5, 5.41) is 0.337. The molecule has 2 heterocycles. The smallest absolute Gasteiger partial charge is 0.432 e. The molecule has 2 unspecified atom stereocenters. The average molecular weight is 414 g/mol. The minimum Gasteiger partial charge on any atom is -0.456 e. The molecule has 9 heteroatoms. The Morgan fingerprint density at radius 2 is 1.97 bits per heavy atom. The molecule has 0 spiro atoms. The normalized spacial score (nSPS) is 20.0. The number of nitrogens with one attached hydrogen (secondary N) is 1. The number of aromatic amines is 1. The molecule has 2 aromatic heterocycles. The van der Waals surface area contributed by atoms with Crippen molar-refractivity contribution in [3.63, 3.8) is 0 Å². The number of carbonyl (C=O) groups excluding carboxylic acids is 1. The highest BCUT2D eigenvalue weighted by molar-refractivity contribution is 5.86. The number of hydrogen-bond acceptors (Lipinski definition) is 4. The van der Waals surface area contributed by atoms with Gasteiger partial charge in [0, 0.05) is 12.6 Å². The van der Waals surface area contributed by atoms with Gasteiger partial charge >= 0.3 is 6.18 Å². The van der Waals surface area contributed by atoms with Crippen molar-refractivity contribution in [3.05, 3.63) is 78.3 Å². The van der Waals surface area contributed by atoms with Gasteiger partial charge in [0.25, 0.3) is 0 Å². The zero-order chi connectivity index (χ0) is 21.4. The molecule has 6 nitrogen and oxygen atoms in total. The molecule has 4 rings (SSSR count). The van der Waals surface area contributed by atoms with Gasteiger partial charge in [-0.05, 0) is 23.3 Å². The zero-order valence-corrected chi connectivity index (χ0v) is 15.6. The third-order valence-electron chi connectivity index (χ3n) is 5.01. The van der Waals surface area contributed by atoms with Crippen LogP contribution in [0.2, 0.25) is 0 Å². The fraction of sp³-hybridized carbons (Fsp3) is 0.190. The van der Waals surface area contributed by atoms with Crippen LogP contribution in [0, 0.1) is 0 Å². The number of carbonyl (C=O) groups is 1. The van der Waals surface area contributed by atoms with E-state index in [9.17, 15) is 18.0 Å². The van der Waals surface area contributed by atoms with Crippen molar-refractivity contribution < 1.29 is 22.7 Å². The number of ether oxygens (including phenoxy) is 1. The minimum atomic E-state index is -4.73. The lowest BCUT2D eigenvalue weighted by Crippen LogP contribution is -2.49. The van der Waals surface area contributed by atoms with Crippen molar-refractivity contribution in [2.75, 3.05) is 0 Å². The lowest BCUT2D eigenvalue weighted by Gasteiger charge is -2.35. The Labute approximate surface area is 169 Å². The summed E-state index contributed by atoms with van der Waals surface area (Å²) in [7, 11) is 0. The zero-order valence-electron chi connectivity index (χ0n) is 15.6. The Morgan fingerprint density at radius 1 is 1.20 bits per heavy atom. The summed E-state index contributed by atoms with van der Waals surface area (Å²) >= 11 is 0. The second-order valence-corrected chi connectivity index (χ2v) is 6.90.